The lowest BCUT2D eigenvalue weighted by Crippen LogP contribution is -2.37. The molecule has 0 aliphatic heterocycles. The molecule has 98 valence electrons. The Labute approximate surface area is 105 Å². The molecule has 1 aliphatic carbocycles. The van der Waals surface area contributed by atoms with Gasteiger partial charge >= 0.3 is 0 Å². The van der Waals surface area contributed by atoms with Gasteiger partial charge in [-0.05, 0) is 32.1 Å². The van der Waals surface area contributed by atoms with E-state index in [9.17, 15) is 4.79 Å². The topological polar surface area (TPSA) is 38.3 Å². The van der Waals surface area contributed by atoms with E-state index in [0.29, 0.717) is 12.5 Å². The lowest BCUT2D eigenvalue weighted by molar-refractivity contribution is -0.124. The van der Waals surface area contributed by atoms with Crippen LogP contribution in [0.3, 0.4) is 0 Å². The predicted molar refractivity (Wildman–Crippen MR) is 69.7 cm³/mol. The molecule has 3 nitrogen and oxygen atoms in total. The lowest BCUT2D eigenvalue weighted by atomic mass is 10.1. The highest BCUT2D eigenvalue weighted by atomic mass is 16.5. The van der Waals surface area contributed by atoms with Crippen LogP contribution in [-0.4, -0.2) is 25.7 Å². The van der Waals surface area contributed by atoms with E-state index in [1.165, 1.54) is 5.57 Å². The average Bonchev–Trinajstić information content (AvgIpc) is 2.66. The van der Waals surface area contributed by atoms with Gasteiger partial charge in [-0.15, -0.1) is 0 Å². The van der Waals surface area contributed by atoms with Crippen LogP contribution in [-0.2, 0) is 9.53 Å². The van der Waals surface area contributed by atoms with Crippen LogP contribution >= 0.6 is 0 Å². The van der Waals surface area contributed by atoms with Gasteiger partial charge in [-0.2, -0.15) is 0 Å². The molecule has 3 atom stereocenters. The number of methoxy groups -OCH3 is 1. The minimum atomic E-state index is 0.0799. The molecule has 1 aliphatic rings. The molecule has 17 heavy (non-hydrogen) atoms. The summed E-state index contributed by atoms with van der Waals surface area (Å²) < 4.78 is 5.02. The Kier molecular flexibility index (Phi) is 4.36. The molecule has 1 N–H and O–H groups in total. The maximum atomic E-state index is 12.1. The van der Waals surface area contributed by atoms with E-state index >= 15 is 0 Å². The molecule has 0 radical (unpaired) electrons. The maximum Gasteiger partial charge on any atom is 0.224 e. The highest BCUT2D eigenvalue weighted by Crippen LogP contribution is 2.59. The predicted octanol–water partition coefficient (Wildman–Crippen LogP) is 2.38. The largest absolute Gasteiger partial charge is 0.383 e. The van der Waals surface area contributed by atoms with Gasteiger partial charge in [0.15, 0.2) is 0 Å². The Morgan fingerprint density at radius 2 is 2.06 bits per heavy atom. The van der Waals surface area contributed by atoms with E-state index in [1.807, 2.05) is 6.92 Å². The molecule has 3 unspecified atom stereocenters. The standard InChI is InChI=1S/C14H25NO2/c1-9(2)7-11-12(14(11,4)5)13(16)15-10(3)8-17-6/h7,10-12H,8H2,1-6H3,(H,15,16). The number of amides is 1. The first-order valence-corrected chi connectivity index (χ1v) is 6.25. The van der Waals surface area contributed by atoms with Crippen LogP contribution in [0.15, 0.2) is 11.6 Å². The second-order valence-electron chi connectivity index (χ2n) is 5.93. The summed E-state index contributed by atoms with van der Waals surface area (Å²) in [4.78, 5) is 12.1. The summed E-state index contributed by atoms with van der Waals surface area (Å²) in [7, 11) is 1.65. The van der Waals surface area contributed by atoms with Crippen molar-refractivity contribution in [1.82, 2.24) is 5.32 Å². The van der Waals surface area contributed by atoms with Crippen LogP contribution in [0.5, 0.6) is 0 Å². The fourth-order valence-corrected chi connectivity index (χ4v) is 2.47. The first kappa shape index (κ1) is 14.2. The quantitative estimate of drug-likeness (QED) is 0.748. The first-order valence-electron chi connectivity index (χ1n) is 6.25. The Hall–Kier alpha value is -0.830. The van der Waals surface area contributed by atoms with Crippen molar-refractivity contribution < 1.29 is 9.53 Å². The summed E-state index contributed by atoms with van der Waals surface area (Å²) in [5.74, 6) is 0.640. The summed E-state index contributed by atoms with van der Waals surface area (Å²) in [6.45, 7) is 11.0. The van der Waals surface area contributed by atoms with E-state index in [4.69, 9.17) is 4.74 Å². The van der Waals surface area contributed by atoms with Crippen molar-refractivity contribution in [3.63, 3.8) is 0 Å². The molecule has 0 saturated heterocycles. The molecular weight excluding hydrogens is 214 g/mol. The van der Waals surface area contributed by atoms with Gasteiger partial charge in [-0.3, -0.25) is 4.79 Å². The molecule has 0 aromatic heterocycles. The minimum absolute atomic E-state index is 0.0799. The van der Waals surface area contributed by atoms with Gasteiger partial charge in [0.2, 0.25) is 5.91 Å². The van der Waals surface area contributed by atoms with E-state index in [0.717, 1.165) is 0 Å². The Morgan fingerprint density at radius 1 is 1.47 bits per heavy atom. The monoisotopic (exact) mass is 239 g/mol. The SMILES string of the molecule is COCC(C)NC(=O)C1C(C=C(C)C)C1(C)C. The zero-order valence-corrected chi connectivity index (χ0v) is 11.8. The second-order valence-corrected chi connectivity index (χ2v) is 5.93. The highest BCUT2D eigenvalue weighted by Gasteiger charge is 2.60. The number of carbonyl (C=O) groups is 1. The Bertz CT molecular complexity index is 316. The van der Waals surface area contributed by atoms with Crippen LogP contribution in [0, 0.1) is 17.3 Å². The maximum absolute atomic E-state index is 12.1. The number of hydrogen-bond acceptors (Lipinski definition) is 2. The van der Waals surface area contributed by atoms with Crippen LogP contribution in [0.1, 0.15) is 34.6 Å². The van der Waals surface area contributed by atoms with Gasteiger partial charge in [0.1, 0.15) is 0 Å². The van der Waals surface area contributed by atoms with Gasteiger partial charge in [-0.1, -0.05) is 25.5 Å². The molecule has 0 aromatic rings. The fraction of sp³-hybridized carbons (Fsp3) is 0.786. The number of carbonyl (C=O) groups excluding carboxylic acids is 1. The third-order valence-electron chi connectivity index (χ3n) is 3.51. The summed E-state index contributed by atoms with van der Waals surface area (Å²) in [5, 5.41) is 3.01. The fourth-order valence-electron chi connectivity index (χ4n) is 2.47. The van der Waals surface area contributed by atoms with Crippen molar-refractivity contribution >= 4 is 5.91 Å². The molecule has 0 aromatic carbocycles. The molecule has 0 spiro atoms. The molecular formula is C14H25NO2. The van der Waals surface area contributed by atoms with E-state index < -0.39 is 0 Å². The van der Waals surface area contributed by atoms with Crippen LogP contribution in [0.2, 0.25) is 0 Å². The molecule has 0 heterocycles. The summed E-state index contributed by atoms with van der Waals surface area (Å²) in [5.41, 5.74) is 1.37. The van der Waals surface area contributed by atoms with Crippen molar-refractivity contribution in [2.45, 2.75) is 40.7 Å². The van der Waals surface area contributed by atoms with Gasteiger partial charge in [0, 0.05) is 13.2 Å². The van der Waals surface area contributed by atoms with Gasteiger partial charge < -0.3 is 10.1 Å². The smallest absolute Gasteiger partial charge is 0.224 e. The zero-order valence-electron chi connectivity index (χ0n) is 11.8. The minimum Gasteiger partial charge on any atom is -0.383 e. The summed E-state index contributed by atoms with van der Waals surface area (Å²) >= 11 is 0. The average molecular weight is 239 g/mol. The highest BCUT2D eigenvalue weighted by molar-refractivity contribution is 5.83. The Balaban J connectivity index is 2.57. The molecule has 3 heteroatoms. The Morgan fingerprint density at radius 3 is 2.53 bits per heavy atom. The third kappa shape index (κ3) is 3.32. The summed E-state index contributed by atoms with van der Waals surface area (Å²) in [6.07, 6.45) is 2.21. The first-order chi connectivity index (χ1) is 7.80. The molecule has 0 bridgehead atoms. The molecule has 1 amide bonds. The van der Waals surface area contributed by atoms with Gasteiger partial charge in [-0.25, -0.2) is 0 Å². The number of nitrogens with one attached hydrogen (secondary N) is 1. The number of hydrogen-bond donors (Lipinski definition) is 1. The normalized spacial score (nSPS) is 27.2. The number of allylic oxidation sites excluding steroid dienone is 2. The van der Waals surface area contributed by atoms with Crippen molar-refractivity contribution in [2.24, 2.45) is 17.3 Å². The van der Waals surface area contributed by atoms with Gasteiger partial charge in [0.25, 0.3) is 0 Å². The van der Waals surface area contributed by atoms with Crippen molar-refractivity contribution in [1.29, 1.82) is 0 Å². The molecule has 1 fully saturated rings. The van der Waals surface area contributed by atoms with Crippen molar-refractivity contribution in [2.75, 3.05) is 13.7 Å². The van der Waals surface area contributed by atoms with E-state index in [2.05, 4.69) is 39.1 Å². The van der Waals surface area contributed by atoms with Crippen LogP contribution in [0.4, 0.5) is 0 Å². The second kappa shape index (κ2) is 5.21. The van der Waals surface area contributed by atoms with E-state index in [1.54, 1.807) is 7.11 Å². The third-order valence-corrected chi connectivity index (χ3v) is 3.51. The van der Waals surface area contributed by atoms with Crippen LogP contribution in [0.25, 0.3) is 0 Å². The number of ether oxygens (including phenoxy) is 1. The lowest BCUT2D eigenvalue weighted by Gasteiger charge is -2.13. The van der Waals surface area contributed by atoms with Gasteiger partial charge in [0.05, 0.1) is 12.5 Å². The molecule has 1 rings (SSSR count). The molecule has 1 saturated carbocycles. The van der Waals surface area contributed by atoms with Crippen molar-refractivity contribution in [3.8, 4) is 0 Å². The van der Waals surface area contributed by atoms with Crippen LogP contribution < -0.4 is 5.32 Å². The van der Waals surface area contributed by atoms with E-state index in [-0.39, 0.29) is 23.3 Å². The number of rotatable bonds is 5. The zero-order chi connectivity index (χ0) is 13.2. The van der Waals surface area contributed by atoms with Crippen molar-refractivity contribution in [3.05, 3.63) is 11.6 Å². The summed E-state index contributed by atoms with van der Waals surface area (Å²) in [6, 6.07) is 0.0799.